The molecule has 4 amide bonds. The lowest BCUT2D eigenvalue weighted by atomic mass is 9.99. The van der Waals surface area contributed by atoms with Gasteiger partial charge in [-0.05, 0) is 29.9 Å². The minimum atomic E-state index is -1.34. The highest BCUT2D eigenvalue weighted by molar-refractivity contribution is 5.85. The summed E-state index contributed by atoms with van der Waals surface area (Å²) < 4.78 is 0. The summed E-state index contributed by atoms with van der Waals surface area (Å²) in [4.78, 5) is 51.6. The lowest BCUT2D eigenvalue weighted by Gasteiger charge is -2.25. The summed E-state index contributed by atoms with van der Waals surface area (Å²) >= 11 is 0. The summed E-state index contributed by atoms with van der Waals surface area (Å²) in [6.45, 7) is 5.42. The SMILES string of the molecule is CCCC(C)C(O)C(=O)NCC(O)NC(C(=O)N(C)C)c1ccccc1.CCCC(N)C(O)C(=O)NCC(O)NC(C(=O)N(C)C)c1ccccc1.Cl. The molecule has 0 aliphatic heterocycles. The maximum absolute atomic E-state index is 12.4. The van der Waals surface area contributed by atoms with Crippen molar-refractivity contribution in [3.05, 3.63) is 71.8 Å². The van der Waals surface area contributed by atoms with Crippen molar-refractivity contribution < 1.29 is 39.6 Å². The lowest BCUT2D eigenvalue weighted by molar-refractivity contribution is -0.134. The van der Waals surface area contributed by atoms with Crippen LogP contribution in [0.25, 0.3) is 0 Å². The largest absolute Gasteiger partial charge is 0.383 e. The highest BCUT2D eigenvalue weighted by Crippen LogP contribution is 2.17. The average Bonchev–Trinajstić information content (AvgIpc) is 3.13. The summed E-state index contributed by atoms with van der Waals surface area (Å²) in [7, 11) is 6.53. The van der Waals surface area contributed by atoms with Crippen molar-refractivity contribution in [3.8, 4) is 0 Å². The fourth-order valence-corrected chi connectivity index (χ4v) is 5.09. The van der Waals surface area contributed by atoms with Gasteiger partial charge >= 0.3 is 0 Å². The molecule has 8 atom stereocenters. The number of carbonyl (C=O) groups excluding carboxylic acids is 4. The van der Waals surface area contributed by atoms with Crippen molar-refractivity contribution in [2.45, 2.75) is 89.2 Å². The Kier molecular flexibility index (Phi) is 24.3. The van der Waals surface area contributed by atoms with E-state index in [1.807, 2.05) is 45.0 Å². The van der Waals surface area contributed by atoms with Crippen molar-refractivity contribution in [2.75, 3.05) is 41.3 Å². The quantitative estimate of drug-likeness (QED) is 0.0837. The zero-order valence-corrected chi connectivity index (χ0v) is 32.8. The van der Waals surface area contributed by atoms with Crippen LogP contribution in [0.4, 0.5) is 0 Å². The first-order chi connectivity index (χ1) is 24.5. The standard InChI is InChI=1S/C19H31N3O4.C18H30N4O4.ClH/c1-5-9-13(2)17(24)18(25)20-12-15(23)21-16(19(26)22(3)4)14-10-7-6-8-11-14;1-4-8-13(19)16(24)17(25)20-11-14(23)21-15(18(26)22(2)3)12-9-6-5-7-10-12;/h6-8,10-11,13,15-17,21,23-24H,5,9,12H2,1-4H3,(H,20,25);5-7,9-10,13-16,21,23-24H,4,8,11,19H2,1-3H3,(H,20,25);1H. The van der Waals surface area contributed by atoms with Crippen LogP contribution in [0.5, 0.6) is 0 Å². The van der Waals surface area contributed by atoms with Crippen molar-refractivity contribution in [2.24, 2.45) is 11.7 Å². The van der Waals surface area contributed by atoms with Crippen LogP contribution in [-0.2, 0) is 19.2 Å². The van der Waals surface area contributed by atoms with Crippen molar-refractivity contribution >= 4 is 36.0 Å². The van der Waals surface area contributed by atoms with E-state index in [9.17, 15) is 39.6 Å². The number of benzene rings is 2. The molecule has 0 saturated carbocycles. The molecule has 0 saturated heterocycles. The van der Waals surface area contributed by atoms with Crippen LogP contribution in [0.2, 0.25) is 0 Å². The molecule has 0 bridgehead atoms. The number of nitrogens with two attached hydrogens (primary N) is 1. The van der Waals surface area contributed by atoms with Gasteiger partial charge in [-0.25, -0.2) is 0 Å². The van der Waals surface area contributed by atoms with Gasteiger partial charge in [0.15, 0.2) is 0 Å². The van der Waals surface area contributed by atoms with Gasteiger partial charge in [0.05, 0.1) is 13.1 Å². The molecule has 8 unspecified atom stereocenters. The molecular weight excluding hydrogens is 706 g/mol. The summed E-state index contributed by atoms with van der Waals surface area (Å²) in [6, 6.07) is 15.9. The fraction of sp³-hybridized carbons (Fsp3) is 0.568. The molecule has 0 aromatic heterocycles. The number of likely N-dealkylation sites (N-methyl/N-ethyl adjacent to an activating group) is 2. The van der Waals surface area contributed by atoms with E-state index in [-0.39, 0.29) is 43.2 Å². The van der Waals surface area contributed by atoms with Gasteiger partial charge in [0.1, 0.15) is 36.7 Å². The zero-order chi connectivity index (χ0) is 39.4. The summed E-state index contributed by atoms with van der Waals surface area (Å²) in [5.41, 5.74) is 7.14. The van der Waals surface area contributed by atoms with Crippen molar-refractivity contribution in [1.82, 2.24) is 31.1 Å². The monoisotopic (exact) mass is 767 g/mol. The third-order valence-corrected chi connectivity index (χ3v) is 8.15. The van der Waals surface area contributed by atoms with E-state index < -0.39 is 54.6 Å². The number of carbonyl (C=O) groups is 4. The predicted molar refractivity (Wildman–Crippen MR) is 206 cm³/mol. The van der Waals surface area contributed by atoms with Crippen LogP contribution in [0, 0.1) is 5.92 Å². The van der Waals surface area contributed by atoms with E-state index >= 15 is 0 Å². The van der Waals surface area contributed by atoms with Gasteiger partial charge < -0.3 is 46.6 Å². The van der Waals surface area contributed by atoms with Gasteiger partial charge in [-0.1, -0.05) is 94.3 Å². The third-order valence-electron chi connectivity index (χ3n) is 8.15. The van der Waals surface area contributed by atoms with Crippen molar-refractivity contribution in [1.29, 1.82) is 0 Å². The number of hydrogen-bond donors (Lipinski definition) is 9. The number of nitrogens with one attached hydrogen (secondary N) is 4. The molecule has 0 radical (unpaired) electrons. The van der Waals surface area contributed by atoms with E-state index in [4.69, 9.17) is 5.73 Å². The van der Waals surface area contributed by atoms with Crippen LogP contribution in [0.3, 0.4) is 0 Å². The molecule has 0 aliphatic rings. The summed E-state index contributed by atoms with van der Waals surface area (Å²) in [5.74, 6) is -1.77. The Bertz CT molecular complexity index is 1240. The summed E-state index contributed by atoms with van der Waals surface area (Å²) in [5, 5.41) is 50.8. The zero-order valence-electron chi connectivity index (χ0n) is 31.9. The molecule has 53 heavy (non-hydrogen) atoms. The van der Waals surface area contributed by atoms with E-state index in [1.165, 1.54) is 9.80 Å². The molecular formula is C37H62ClN7O8. The highest BCUT2D eigenvalue weighted by atomic mass is 35.5. The third kappa shape index (κ3) is 17.8. The Morgan fingerprint density at radius 2 is 1.00 bits per heavy atom. The van der Waals surface area contributed by atoms with Crippen LogP contribution < -0.4 is 27.0 Å². The fourth-order valence-electron chi connectivity index (χ4n) is 5.09. The molecule has 300 valence electrons. The molecule has 0 heterocycles. The first kappa shape index (κ1) is 49.3. The van der Waals surface area contributed by atoms with Crippen molar-refractivity contribution in [3.63, 3.8) is 0 Å². The topological polar surface area (TPSA) is 230 Å². The number of rotatable bonds is 20. The van der Waals surface area contributed by atoms with Crippen LogP contribution in [-0.4, -0.2) is 126 Å². The number of aliphatic hydroxyl groups is 4. The van der Waals surface area contributed by atoms with Crippen LogP contribution in [0.1, 0.15) is 69.7 Å². The Morgan fingerprint density at radius 3 is 1.34 bits per heavy atom. The molecule has 2 aromatic carbocycles. The Balaban J connectivity index is 0.00000100. The normalized spacial score (nSPS) is 15.3. The van der Waals surface area contributed by atoms with E-state index in [0.29, 0.717) is 17.5 Å². The smallest absolute Gasteiger partial charge is 0.250 e. The Hall–Kier alpha value is -3.67. The Labute approximate surface area is 320 Å². The highest BCUT2D eigenvalue weighted by Gasteiger charge is 2.28. The molecule has 0 fully saturated rings. The minimum Gasteiger partial charge on any atom is -0.383 e. The maximum atomic E-state index is 12.4. The number of aliphatic hydroxyl groups excluding tert-OH is 4. The molecule has 2 rings (SSSR count). The number of hydrogen-bond acceptors (Lipinski definition) is 11. The van der Waals surface area contributed by atoms with Gasteiger partial charge in [0.25, 0.3) is 5.91 Å². The van der Waals surface area contributed by atoms with E-state index in [2.05, 4.69) is 21.3 Å². The van der Waals surface area contributed by atoms with Gasteiger partial charge in [0, 0.05) is 34.2 Å². The van der Waals surface area contributed by atoms with Crippen LogP contribution in [0.15, 0.2) is 60.7 Å². The molecule has 16 heteroatoms. The Morgan fingerprint density at radius 1 is 0.642 bits per heavy atom. The second kappa shape index (κ2) is 26.2. The maximum Gasteiger partial charge on any atom is 0.250 e. The number of nitrogens with zero attached hydrogens (tertiary/aromatic N) is 2. The number of amides is 4. The number of halogens is 1. The first-order valence-electron chi connectivity index (χ1n) is 17.6. The molecule has 2 aromatic rings. The second-order valence-corrected chi connectivity index (χ2v) is 13.1. The molecule has 0 spiro atoms. The van der Waals surface area contributed by atoms with E-state index in [1.54, 1.807) is 64.6 Å². The van der Waals surface area contributed by atoms with Gasteiger partial charge in [-0.3, -0.25) is 29.8 Å². The first-order valence-corrected chi connectivity index (χ1v) is 17.6. The van der Waals surface area contributed by atoms with Gasteiger partial charge in [-0.2, -0.15) is 0 Å². The van der Waals surface area contributed by atoms with E-state index in [0.717, 1.165) is 19.3 Å². The predicted octanol–water partition coefficient (Wildman–Crippen LogP) is 0.387. The molecule has 0 aliphatic carbocycles. The molecule has 15 nitrogen and oxygen atoms in total. The van der Waals surface area contributed by atoms with Crippen LogP contribution >= 0.6 is 12.4 Å². The minimum absolute atomic E-state index is 0. The second-order valence-electron chi connectivity index (χ2n) is 13.1. The average molecular weight is 768 g/mol. The molecule has 10 N–H and O–H groups in total. The lowest BCUT2D eigenvalue weighted by Crippen LogP contribution is -2.51. The summed E-state index contributed by atoms with van der Waals surface area (Å²) in [6.07, 6.45) is -1.89. The van der Waals surface area contributed by atoms with Gasteiger partial charge in [-0.15, -0.1) is 12.4 Å². The van der Waals surface area contributed by atoms with Gasteiger partial charge in [0.2, 0.25) is 17.7 Å².